The number of ether oxygens (including phenoxy) is 1. The number of nitrogens with one attached hydrogen (secondary N) is 1. The summed E-state index contributed by atoms with van der Waals surface area (Å²) in [7, 11) is 1.93. The molecule has 0 unspecified atom stereocenters. The van der Waals surface area contributed by atoms with Crippen LogP contribution in [0.15, 0.2) is 30.4 Å². The fourth-order valence-corrected chi connectivity index (χ4v) is 1.60. The maximum atomic E-state index is 6.25. The van der Waals surface area contributed by atoms with Gasteiger partial charge in [-0.25, -0.2) is 0 Å². The number of hydrogen-bond donors (Lipinski definition) is 1. The summed E-state index contributed by atoms with van der Waals surface area (Å²) in [5.41, 5.74) is 2.09. The van der Waals surface area contributed by atoms with Crippen molar-refractivity contribution in [3.8, 4) is 5.75 Å². The Morgan fingerprint density at radius 1 is 1.50 bits per heavy atom. The average Bonchev–Trinajstić information content (AvgIpc) is 2.26. The highest BCUT2D eigenvalue weighted by atomic mass is 35.5. The van der Waals surface area contributed by atoms with Crippen LogP contribution in [0.3, 0.4) is 0 Å². The molecule has 1 aromatic rings. The zero-order valence-corrected chi connectivity index (χ0v) is 10.6. The molecule has 2 nitrogen and oxygen atoms in total. The Morgan fingerprint density at radius 2 is 2.25 bits per heavy atom. The summed E-state index contributed by atoms with van der Waals surface area (Å²) in [5.74, 6) is 0.735. The van der Waals surface area contributed by atoms with Crippen LogP contribution >= 0.6 is 11.6 Å². The van der Waals surface area contributed by atoms with E-state index in [4.69, 9.17) is 16.3 Å². The van der Waals surface area contributed by atoms with Gasteiger partial charge in [0.2, 0.25) is 0 Å². The van der Waals surface area contributed by atoms with Crippen molar-refractivity contribution in [2.45, 2.75) is 13.3 Å². The summed E-state index contributed by atoms with van der Waals surface area (Å²) in [5, 5.41) is 3.81. The Bertz CT molecular complexity index is 363. The Hall–Kier alpha value is -0.990. The monoisotopic (exact) mass is 239 g/mol. The number of benzene rings is 1. The molecule has 0 atom stereocenters. The Balaban J connectivity index is 2.73. The predicted molar refractivity (Wildman–Crippen MR) is 69.4 cm³/mol. The van der Waals surface area contributed by atoms with Gasteiger partial charge in [0.05, 0.1) is 5.02 Å². The first kappa shape index (κ1) is 13.1. The number of rotatable bonds is 6. The van der Waals surface area contributed by atoms with Crippen molar-refractivity contribution in [3.05, 3.63) is 40.9 Å². The molecule has 0 saturated carbocycles. The second-order valence-corrected chi connectivity index (χ2v) is 4.21. The van der Waals surface area contributed by atoms with E-state index in [0.717, 1.165) is 29.9 Å². The largest absolute Gasteiger partial charge is 0.488 e. The van der Waals surface area contributed by atoms with Crippen LogP contribution in [0, 0.1) is 0 Å². The van der Waals surface area contributed by atoms with Crippen molar-refractivity contribution in [3.63, 3.8) is 0 Å². The second-order valence-electron chi connectivity index (χ2n) is 3.83. The van der Waals surface area contributed by atoms with Gasteiger partial charge in [0.1, 0.15) is 12.4 Å². The Kier molecular flexibility index (Phi) is 5.36. The molecule has 0 heterocycles. The fraction of sp³-hybridized carbons (Fsp3) is 0.385. The minimum atomic E-state index is 0.509. The first-order chi connectivity index (χ1) is 7.65. The molecule has 88 valence electrons. The number of hydrogen-bond acceptors (Lipinski definition) is 2. The van der Waals surface area contributed by atoms with Gasteiger partial charge in [-0.1, -0.05) is 30.3 Å². The van der Waals surface area contributed by atoms with Crippen LogP contribution in [0.4, 0.5) is 0 Å². The highest BCUT2D eigenvalue weighted by molar-refractivity contribution is 6.32. The molecule has 0 fully saturated rings. The molecule has 0 spiro atoms. The average molecular weight is 240 g/mol. The predicted octanol–water partition coefficient (Wildman–Crippen LogP) is 3.06. The van der Waals surface area contributed by atoms with Crippen molar-refractivity contribution in [1.82, 2.24) is 5.32 Å². The molecule has 16 heavy (non-hydrogen) atoms. The van der Waals surface area contributed by atoms with Crippen LogP contribution in [-0.4, -0.2) is 20.2 Å². The van der Waals surface area contributed by atoms with Crippen LogP contribution in [-0.2, 0) is 6.42 Å². The van der Waals surface area contributed by atoms with Gasteiger partial charge in [0, 0.05) is 0 Å². The summed E-state index contributed by atoms with van der Waals surface area (Å²) in [4.78, 5) is 0. The van der Waals surface area contributed by atoms with Gasteiger partial charge in [-0.15, -0.1) is 0 Å². The molecular formula is C13H18ClNO. The highest BCUT2D eigenvalue weighted by Gasteiger charge is 2.06. The van der Waals surface area contributed by atoms with Crippen molar-refractivity contribution >= 4 is 11.6 Å². The van der Waals surface area contributed by atoms with E-state index in [0.29, 0.717) is 11.6 Å². The summed E-state index contributed by atoms with van der Waals surface area (Å²) in [6, 6.07) is 5.87. The molecule has 0 aliphatic carbocycles. The van der Waals surface area contributed by atoms with Crippen molar-refractivity contribution < 1.29 is 4.74 Å². The first-order valence-electron chi connectivity index (χ1n) is 5.34. The zero-order valence-electron chi connectivity index (χ0n) is 9.85. The van der Waals surface area contributed by atoms with E-state index < -0.39 is 0 Å². The Labute approximate surface area is 102 Å². The molecule has 0 aromatic heterocycles. The molecule has 3 heteroatoms. The van der Waals surface area contributed by atoms with Crippen molar-refractivity contribution in [2.75, 3.05) is 20.2 Å². The molecule has 1 N–H and O–H groups in total. The number of likely N-dealkylation sites (N-methyl/N-ethyl adjacent to an activating group) is 1. The molecule has 0 radical (unpaired) electrons. The summed E-state index contributed by atoms with van der Waals surface area (Å²) in [6.07, 6.45) is 0.902. The minimum absolute atomic E-state index is 0.509. The van der Waals surface area contributed by atoms with Crippen LogP contribution in [0.25, 0.3) is 0 Å². The lowest BCUT2D eigenvalue weighted by molar-refractivity contribution is 0.352. The van der Waals surface area contributed by atoms with Crippen LogP contribution in [0.5, 0.6) is 5.75 Å². The second kappa shape index (κ2) is 6.56. The molecule has 1 aromatic carbocycles. The van der Waals surface area contributed by atoms with Crippen LogP contribution < -0.4 is 10.1 Å². The number of halogens is 1. The van der Waals surface area contributed by atoms with E-state index in [2.05, 4.69) is 11.9 Å². The molecular weight excluding hydrogens is 222 g/mol. The van der Waals surface area contributed by atoms with Gasteiger partial charge in [-0.05, 0) is 44.1 Å². The Morgan fingerprint density at radius 3 is 2.88 bits per heavy atom. The van der Waals surface area contributed by atoms with E-state index in [-0.39, 0.29) is 0 Å². The third-order valence-corrected chi connectivity index (χ3v) is 2.59. The minimum Gasteiger partial charge on any atom is -0.488 e. The van der Waals surface area contributed by atoms with E-state index in [1.807, 2.05) is 32.2 Å². The van der Waals surface area contributed by atoms with Crippen LogP contribution in [0.1, 0.15) is 12.5 Å². The van der Waals surface area contributed by atoms with E-state index in [1.54, 1.807) is 0 Å². The van der Waals surface area contributed by atoms with Crippen molar-refractivity contribution in [1.29, 1.82) is 0 Å². The van der Waals surface area contributed by atoms with E-state index in [9.17, 15) is 0 Å². The van der Waals surface area contributed by atoms with Gasteiger partial charge < -0.3 is 10.1 Å². The van der Waals surface area contributed by atoms with Crippen LogP contribution in [0.2, 0.25) is 5.02 Å². The van der Waals surface area contributed by atoms with Gasteiger partial charge in [0.15, 0.2) is 0 Å². The van der Waals surface area contributed by atoms with Gasteiger partial charge in [0.25, 0.3) is 0 Å². The molecule has 0 amide bonds. The summed E-state index contributed by atoms with van der Waals surface area (Å²) in [6.45, 7) is 7.14. The topological polar surface area (TPSA) is 21.3 Å². The fourth-order valence-electron chi connectivity index (χ4n) is 1.32. The highest BCUT2D eigenvalue weighted by Crippen LogP contribution is 2.28. The molecule has 0 aliphatic rings. The lowest BCUT2D eigenvalue weighted by Crippen LogP contribution is -2.10. The molecule has 0 bridgehead atoms. The van der Waals surface area contributed by atoms with Crippen molar-refractivity contribution in [2.24, 2.45) is 0 Å². The molecule has 0 aliphatic heterocycles. The summed E-state index contributed by atoms with van der Waals surface area (Å²) >= 11 is 6.25. The first-order valence-corrected chi connectivity index (χ1v) is 5.72. The maximum Gasteiger partial charge on any atom is 0.138 e. The smallest absolute Gasteiger partial charge is 0.138 e. The SMILES string of the molecule is C=C(C)COc1cccc(CCNC)c1Cl. The normalized spacial score (nSPS) is 10.2. The standard InChI is InChI=1S/C13H18ClNO/c1-10(2)9-16-12-6-4-5-11(13(12)14)7-8-15-3/h4-6,15H,1,7-9H2,2-3H3. The lowest BCUT2D eigenvalue weighted by atomic mass is 10.1. The van der Waals surface area contributed by atoms with Gasteiger partial charge >= 0.3 is 0 Å². The summed E-state index contributed by atoms with van der Waals surface area (Å²) < 4.78 is 5.57. The van der Waals surface area contributed by atoms with E-state index >= 15 is 0 Å². The lowest BCUT2D eigenvalue weighted by Gasteiger charge is -2.11. The third-order valence-electron chi connectivity index (χ3n) is 2.16. The molecule has 0 saturated heterocycles. The maximum absolute atomic E-state index is 6.25. The van der Waals surface area contributed by atoms with Gasteiger partial charge in [-0.2, -0.15) is 0 Å². The van der Waals surface area contributed by atoms with Gasteiger partial charge in [-0.3, -0.25) is 0 Å². The zero-order chi connectivity index (χ0) is 12.0. The third kappa shape index (κ3) is 3.87. The van der Waals surface area contributed by atoms with E-state index in [1.165, 1.54) is 0 Å². The quantitative estimate of drug-likeness (QED) is 0.771. The molecule has 1 rings (SSSR count).